The molecule has 0 saturated heterocycles. The number of rotatable bonds is 3. The summed E-state index contributed by atoms with van der Waals surface area (Å²) >= 11 is 9.14. The van der Waals surface area contributed by atoms with Gasteiger partial charge in [0.25, 0.3) is 0 Å². The quantitative estimate of drug-likeness (QED) is 0.452. The Hall–Kier alpha value is -1.80. The van der Waals surface area contributed by atoms with Crippen LogP contribution in [0.2, 0.25) is 5.02 Å². The molecule has 4 nitrogen and oxygen atoms in total. The molecule has 1 heterocycles. The van der Waals surface area contributed by atoms with Gasteiger partial charge in [-0.15, -0.1) is 0 Å². The van der Waals surface area contributed by atoms with Crippen LogP contribution in [0.1, 0.15) is 16.8 Å². The van der Waals surface area contributed by atoms with Crippen LogP contribution in [0, 0.1) is 0 Å². The minimum atomic E-state index is -4.56. The van der Waals surface area contributed by atoms with E-state index in [0.717, 1.165) is 6.07 Å². The summed E-state index contributed by atoms with van der Waals surface area (Å²) in [6, 6.07) is 5.47. The Balaban J connectivity index is 2.49. The van der Waals surface area contributed by atoms with Crippen LogP contribution in [0.3, 0.4) is 0 Å². The van der Waals surface area contributed by atoms with Gasteiger partial charge < -0.3 is 9.94 Å². The van der Waals surface area contributed by atoms with Crippen LogP contribution in [0.15, 0.2) is 40.1 Å². The van der Waals surface area contributed by atoms with Gasteiger partial charge in [-0.3, -0.25) is 4.98 Å². The molecule has 1 aromatic carbocycles. The second-order valence-corrected chi connectivity index (χ2v) is 5.61. The monoisotopic (exact) mass is 408 g/mol. The van der Waals surface area contributed by atoms with E-state index in [1.807, 2.05) is 0 Å². The van der Waals surface area contributed by atoms with E-state index in [-0.39, 0.29) is 16.4 Å². The second kappa shape index (κ2) is 6.76. The van der Waals surface area contributed by atoms with Gasteiger partial charge in [-0.05, 0) is 40.2 Å². The average Bonchev–Trinajstić information content (AvgIpc) is 2.48. The number of oxime groups is 1. The van der Waals surface area contributed by atoms with Crippen molar-refractivity contribution in [2.75, 3.05) is 7.11 Å². The van der Waals surface area contributed by atoms with E-state index in [4.69, 9.17) is 16.3 Å². The molecule has 0 amide bonds. The Labute approximate surface area is 142 Å². The summed E-state index contributed by atoms with van der Waals surface area (Å²) in [6.45, 7) is 0. The van der Waals surface area contributed by atoms with Gasteiger partial charge in [-0.1, -0.05) is 16.8 Å². The van der Waals surface area contributed by atoms with E-state index in [2.05, 4.69) is 26.1 Å². The van der Waals surface area contributed by atoms with Gasteiger partial charge in [0.2, 0.25) is 0 Å². The van der Waals surface area contributed by atoms with E-state index in [1.165, 1.54) is 7.11 Å². The zero-order chi connectivity index (χ0) is 17.2. The number of pyridine rings is 1. The van der Waals surface area contributed by atoms with Crippen LogP contribution < -0.4 is 4.74 Å². The van der Waals surface area contributed by atoms with E-state index in [9.17, 15) is 18.4 Å². The lowest BCUT2D eigenvalue weighted by atomic mass is 10.1. The molecule has 0 radical (unpaired) electrons. The Morgan fingerprint density at radius 3 is 2.52 bits per heavy atom. The second-order valence-electron chi connectivity index (χ2n) is 4.35. The summed E-state index contributed by atoms with van der Waals surface area (Å²) in [6.07, 6.45) is -3.93. The fourth-order valence-corrected chi connectivity index (χ4v) is 2.62. The number of hydrogen-bond acceptors (Lipinski definition) is 4. The minimum absolute atomic E-state index is 0.0629. The fourth-order valence-electron chi connectivity index (χ4n) is 1.82. The van der Waals surface area contributed by atoms with Gasteiger partial charge in [-0.25, -0.2) is 0 Å². The average molecular weight is 410 g/mol. The van der Waals surface area contributed by atoms with Gasteiger partial charge in [-0.2, -0.15) is 13.2 Å². The Kier molecular flexibility index (Phi) is 5.16. The highest BCUT2D eigenvalue weighted by Gasteiger charge is 2.32. The summed E-state index contributed by atoms with van der Waals surface area (Å²) in [7, 11) is 1.48. The molecule has 0 bridgehead atoms. The highest BCUT2D eigenvalue weighted by atomic mass is 79.9. The largest absolute Gasteiger partial charge is 0.496 e. The number of methoxy groups -OCH3 is 1. The number of nitrogens with zero attached hydrogens (tertiary/aromatic N) is 2. The Morgan fingerprint density at radius 2 is 2.04 bits per heavy atom. The predicted octanol–water partition coefficient (Wildman–Crippen LogP) is 4.75. The normalized spacial score (nSPS) is 12.3. The van der Waals surface area contributed by atoms with Crippen molar-refractivity contribution in [3.63, 3.8) is 0 Å². The SMILES string of the molecule is COc1ccc(/C(=N\O)c2ncc(C(F)(F)F)cc2Cl)cc1Br. The number of ether oxygens (including phenoxy) is 1. The molecule has 1 N–H and O–H groups in total. The Bertz CT molecular complexity index is 766. The molecule has 0 aliphatic carbocycles. The molecule has 122 valence electrons. The van der Waals surface area contributed by atoms with Crippen LogP contribution in [-0.4, -0.2) is 23.0 Å². The summed E-state index contributed by atoms with van der Waals surface area (Å²) in [5.41, 5.74) is -0.722. The molecule has 9 heteroatoms. The highest BCUT2D eigenvalue weighted by Crippen LogP contribution is 2.32. The lowest BCUT2D eigenvalue weighted by Crippen LogP contribution is -2.11. The summed E-state index contributed by atoms with van der Waals surface area (Å²) < 4.78 is 43.6. The minimum Gasteiger partial charge on any atom is -0.496 e. The van der Waals surface area contributed by atoms with E-state index >= 15 is 0 Å². The van der Waals surface area contributed by atoms with Crippen molar-refractivity contribution in [2.24, 2.45) is 5.16 Å². The van der Waals surface area contributed by atoms with E-state index in [0.29, 0.717) is 22.0 Å². The van der Waals surface area contributed by atoms with Crippen LogP contribution in [0.4, 0.5) is 13.2 Å². The first-order valence-corrected chi connectivity index (χ1v) is 7.24. The number of halogens is 5. The molecule has 0 aliphatic heterocycles. The van der Waals surface area contributed by atoms with Crippen molar-refractivity contribution < 1.29 is 23.1 Å². The Morgan fingerprint density at radius 1 is 1.35 bits per heavy atom. The first-order valence-electron chi connectivity index (χ1n) is 6.07. The maximum absolute atomic E-state index is 12.6. The number of alkyl halides is 3. The molecule has 0 spiro atoms. The van der Waals surface area contributed by atoms with E-state index in [1.54, 1.807) is 18.2 Å². The van der Waals surface area contributed by atoms with Gasteiger partial charge >= 0.3 is 6.18 Å². The summed E-state index contributed by atoms with van der Waals surface area (Å²) in [5.74, 6) is 0.539. The van der Waals surface area contributed by atoms with Crippen LogP contribution in [0.5, 0.6) is 5.75 Å². The van der Waals surface area contributed by atoms with Gasteiger partial charge in [0.15, 0.2) is 0 Å². The number of benzene rings is 1. The maximum Gasteiger partial charge on any atom is 0.417 e. The topological polar surface area (TPSA) is 54.7 Å². The molecule has 1 aromatic heterocycles. The molecule has 23 heavy (non-hydrogen) atoms. The first-order chi connectivity index (χ1) is 10.8. The third-order valence-electron chi connectivity index (χ3n) is 2.92. The van der Waals surface area contributed by atoms with Crippen molar-refractivity contribution in [3.8, 4) is 5.75 Å². The van der Waals surface area contributed by atoms with Crippen molar-refractivity contribution in [1.82, 2.24) is 4.98 Å². The highest BCUT2D eigenvalue weighted by molar-refractivity contribution is 9.10. The molecule has 0 atom stereocenters. The predicted molar refractivity (Wildman–Crippen MR) is 82.4 cm³/mol. The zero-order valence-electron chi connectivity index (χ0n) is 11.5. The third-order valence-corrected chi connectivity index (χ3v) is 3.83. The summed E-state index contributed by atoms with van der Waals surface area (Å²) in [4.78, 5) is 3.68. The van der Waals surface area contributed by atoms with Crippen molar-refractivity contribution in [2.45, 2.75) is 6.18 Å². The molecular formula is C14H9BrClF3N2O2. The zero-order valence-corrected chi connectivity index (χ0v) is 13.9. The van der Waals surface area contributed by atoms with Crippen LogP contribution in [0.25, 0.3) is 0 Å². The van der Waals surface area contributed by atoms with Crippen molar-refractivity contribution in [1.29, 1.82) is 0 Å². The third kappa shape index (κ3) is 3.76. The van der Waals surface area contributed by atoms with Crippen molar-refractivity contribution in [3.05, 3.63) is 56.8 Å². The molecule has 0 unspecified atom stereocenters. The molecule has 0 saturated carbocycles. The van der Waals surface area contributed by atoms with Gasteiger partial charge in [0.05, 0.1) is 22.2 Å². The lowest BCUT2D eigenvalue weighted by molar-refractivity contribution is -0.137. The summed E-state index contributed by atoms with van der Waals surface area (Å²) in [5, 5.41) is 12.1. The van der Waals surface area contributed by atoms with Gasteiger partial charge in [0.1, 0.15) is 17.2 Å². The standard InChI is InChI=1S/C14H9BrClF3N2O2/c1-23-11-3-2-7(4-9(11)15)12(21-22)13-10(16)5-8(6-20-13)14(17,18)19/h2-6,22H,1H3/b21-12+. The fraction of sp³-hybridized carbons (Fsp3) is 0.143. The first kappa shape index (κ1) is 17.6. The van der Waals surface area contributed by atoms with Gasteiger partial charge in [0, 0.05) is 11.8 Å². The molecule has 2 rings (SSSR count). The molecule has 0 aliphatic rings. The molecular weight excluding hydrogens is 401 g/mol. The van der Waals surface area contributed by atoms with E-state index < -0.39 is 11.7 Å². The number of aromatic nitrogens is 1. The molecule has 0 fully saturated rings. The van der Waals surface area contributed by atoms with Crippen LogP contribution >= 0.6 is 27.5 Å². The molecule has 2 aromatic rings. The van der Waals surface area contributed by atoms with Crippen LogP contribution in [-0.2, 0) is 6.18 Å². The maximum atomic E-state index is 12.6. The smallest absolute Gasteiger partial charge is 0.417 e. The number of hydrogen-bond donors (Lipinski definition) is 1. The lowest BCUT2D eigenvalue weighted by Gasteiger charge is -2.11. The van der Waals surface area contributed by atoms with Crippen molar-refractivity contribution >= 4 is 33.2 Å².